The number of aromatic nitrogens is 3. The summed E-state index contributed by atoms with van der Waals surface area (Å²) in [5.41, 5.74) is 13.5. The molecule has 7 aromatic carbocycles. The third-order valence-electron chi connectivity index (χ3n) is 13.2. The predicted octanol–water partition coefficient (Wildman–Crippen LogP) is 13.1. The van der Waals surface area contributed by atoms with Crippen molar-refractivity contribution >= 4 is 66.3 Å². The first-order chi connectivity index (χ1) is 28.8. The van der Waals surface area contributed by atoms with Crippen LogP contribution >= 0.6 is 0 Å². The fourth-order valence-electron chi connectivity index (χ4n) is 11.0. The molecule has 4 nitrogen and oxygen atoms in total. The lowest BCUT2D eigenvalue weighted by Crippen LogP contribution is -2.33. The highest BCUT2D eigenvalue weighted by Gasteiger charge is 2.50. The van der Waals surface area contributed by atoms with E-state index >= 15 is 0 Å². The maximum absolute atomic E-state index is 2.69. The first-order valence-electron chi connectivity index (χ1n) is 20.4. The highest BCUT2D eigenvalue weighted by Crippen LogP contribution is 2.55. The zero-order chi connectivity index (χ0) is 37.9. The Labute approximate surface area is 336 Å². The SMILES string of the molecule is C1=CC2C3C=Cc4c(c5ccccc5n4-c4cccc(-n5c6ccccc6c6ccc7c(c8ccccc8n7-c7ccccc7)c65)c4)C3N(c3ccccc3)C2C=C1. The van der Waals surface area contributed by atoms with E-state index in [9.17, 15) is 0 Å². The van der Waals surface area contributed by atoms with Crippen molar-refractivity contribution in [2.45, 2.75) is 12.1 Å². The summed E-state index contributed by atoms with van der Waals surface area (Å²) in [7, 11) is 0. The fourth-order valence-corrected chi connectivity index (χ4v) is 11.0. The Hall–Kier alpha value is -7.30. The molecule has 0 bridgehead atoms. The third-order valence-corrected chi connectivity index (χ3v) is 13.2. The molecule has 58 heavy (non-hydrogen) atoms. The van der Waals surface area contributed by atoms with Gasteiger partial charge in [0.1, 0.15) is 0 Å². The van der Waals surface area contributed by atoms with Gasteiger partial charge in [-0.1, -0.05) is 134 Å². The summed E-state index contributed by atoms with van der Waals surface area (Å²) < 4.78 is 7.45. The number of anilines is 1. The molecule has 0 radical (unpaired) electrons. The van der Waals surface area contributed by atoms with E-state index in [-0.39, 0.29) is 6.04 Å². The highest BCUT2D eigenvalue weighted by molar-refractivity contribution is 6.26. The summed E-state index contributed by atoms with van der Waals surface area (Å²) in [6, 6.07) is 63.0. The molecule has 0 N–H and O–H groups in total. The van der Waals surface area contributed by atoms with Gasteiger partial charge < -0.3 is 18.6 Å². The lowest BCUT2D eigenvalue weighted by molar-refractivity contribution is 0.503. The number of hydrogen-bond acceptors (Lipinski definition) is 1. The van der Waals surface area contributed by atoms with E-state index in [0.29, 0.717) is 17.9 Å². The fraction of sp³-hybridized carbons (Fsp3) is 0.0741. The first kappa shape index (κ1) is 31.9. The largest absolute Gasteiger partial charge is 0.357 e. The minimum atomic E-state index is 0.201. The van der Waals surface area contributed by atoms with E-state index in [1.54, 1.807) is 0 Å². The normalized spacial score (nSPS) is 19.5. The molecular weight excluding hydrogens is 705 g/mol. The van der Waals surface area contributed by atoms with Gasteiger partial charge >= 0.3 is 0 Å². The molecule has 4 atom stereocenters. The molecule has 1 saturated heterocycles. The van der Waals surface area contributed by atoms with Gasteiger partial charge in [0.2, 0.25) is 0 Å². The van der Waals surface area contributed by atoms with Gasteiger partial charge in [-0.3, -0.25) is 0 Å². The molecular formula is C54H38N4. The number of allylic oxidation sites excluding steroid dienone is 2. The third kappa shape index (κ3) is 4.29. The molecule has 3 aromatic heterocycles. The monoisotopic (exact) mass is 742 g/mol. The minimum absolute atomic E-state index is 0.201. The van der Waals surface area contributed by atoms with Crippen molar-refractivity contribution in [2.75, 3.05) is 4.90 Å². The summed E-state index contributed by atoms with van der Waals surface area (Å²) >= 11 is 0. The van der Waals surface area contributed by atoms with E-state index < -0.39 is 0 Å². The molecule has 2 aliphatic carbocycles. The smallest absolute Gasteiger partial charge is 0.0645 e. The van der Waals surface area contributed by atoms with E-state index in [0.717, 1.165) is 17.1 Å². The Bertz CT molecular complexity index is 3370. The van der Waals surface area contributed by atoms with Crippen LogP contribution in [0.4, 0.5) is 5.69 Å². The van der Waals surface area contributed by atoms with Gasteiger partial charge in [0, 0.05) is 67.1 Å². The molecule has 4 heteroatoms. The van der Waals surface area contributed by atoms with Crippen LogP contribution in [0.3, 0.4) is 0 Å². The molecule has 1 aliphatic heterocycles. The van der Waals surface area contributed by atoms with Crippen molar-refractivity contribution in [3.63, 3.8) is 0 Å². The summed E-state index contributed by atoms with van der Waals surface area (Å²) in [6.07, 6.45) is 14.2. The zero-order valence-corrected chi connectivity index (χ0v) is 31.7. The van der Waals surface area contributed by atoms with Gasteiger partial charge in [0.25, 0.3) is 0 Å². The van der Waals surface area contributed by atoms with Crippen molar-refractivity contribution in [3.05, 3.63) is 211 Å². The van der Waals surface area contributed by atoms with Crippen LogP contribution in [0.15, 0.2) is 200 Å². The van der Waals surface area contributed by atoms with Gasteiger partial charge in [-0.2, -0.15) is 0 Å². The van der Waals surface area contributed by atoms with Crippen LogP contribution in [0.5, 0.6) is 0 Å². The molecule has 0 saturated carbocycles. The van der Waals surface area contributed by atoms with Crippen LogP contribution in [0.1, 0.15) is 17.3 Å². The standard InChI is InChI=1S/C54H38N4/c1-3-16-35(17-4-1)55-47-28-13-9-24-43(47)51-49(55)32-30-42-40-23-8-12-27-46(40)58(54(42)51)38-21-15-20-37(34-38)56-48-29-14-10-25-44(48)52-50(56)33-31-41-39-22-7-11-26-45(39)57(53(41)52)36-18-5-2-6-19-36/h1-34,39,41,45,53H. The van der Waals surface area contributed by atoms with Crippen molar-refractivity contribution < 1.29 is 0 Å². The van der Waals surface area contributed by atoms with Crippen LogP contribution in [0.25, 0.3) is 77.7 Å². The predicted molar refractivity (Wildman–Crippen MR) is 242 cm³/mol. The summed E-state index contributed by atoms with van der Waals surface area (Å²) in [5.74, 6) is 0.771. The Morgan fingerprint density at radius 2 is 0.983 bits per heavy atom. The Morgan fingerprint density at radius 3 is 1.76 bits per heavy atom. The molecule has 4 heterocycles. The van der Waals surface area contributed by atoms with E-state index in [1.807, 2.05) is 0 Å². The molecule has 10 aromatic rings. The maximum Gasteiger partial charge on any atom is 0.0645 e. The molecule has 0 amide bonds. The van der Waals surface area contributed by atoms with Crippen LogP contribution in [-0.2, 0) is 0 Å². The second kappa shape index (κ2) is 12.1. The molecule has 0 spiro atoms. The number of nitrogens with zero attached hydrogens (tertiary/aromatic N) is 4. The van der Waals surface area contributed by atoms with Crippen LogP contribution in [0, 0.1) is 11.8 Å². The van der Waals surface area contributed by atoms with E-state index in [2.05, 4.69) is 225 Å². The first-order valence-corrected chi connectivity index (χ1v) is 20.4. The lowest BCUT2D eigenvalue weighted by atomic mass is 9.79. The van der Waals surface area contributed by atoms with Gasteiger partial charge in [-0.05, 0) is 72.8 Å². The molecule has 13 rings (SSSR count). The van der Waals surface area contributed by atoms with Crippen molar-refractivity contribution in [1.82, 2.24) is 13.7 Å². The van der Waals surface area contributed by atoms with Crippen molar-refractivity contribution in [1.29, 1.82) is 0 Å². The molecule has 1 fully saturated rings. The quantitative estimate of drug-likeness (QED) is 0.176. The topological polar surface area (TPSA) is 18.0 Å². The second-order valence-electron chi connectivity index (χ2n) is 16.0. The number of benzene rings is 7. The average Bonchev–Trinajstić information content (AvgIpc) is 4.02. The van der Waals surface area contributed by atoms with Gasteiger partial charge in [-0.25, -0.2) is 0 Å². The van der Waals surface area contributed by atoms with E-state index in [1.165, 1.54) is 71.5 Å². The Kier molecular flexibility index (Phi) is 6.65. The molecule has 4 unspecified atom stereocenters. The maximum atomic E-state index is 2.69. The van der Waals surface area contributed by atoms with Crippen molar-refractivity contribution in [2.24, 2.45) is 11.8 Å². The molecule has 3 aliphatic rings. The number of rotatable bonds is 4. The van der Waals surface area contributed by atoms with Crippen molar-refractivity contribution in [3.8, 4) is 17.1 Å². The lowest BCUT2D eigenvalue weighted by Gasteiger charge is -2.34. The average molecular weight is 743 g/mol. The van der Waals surface area contributed by atoms with Crippen LogP contribution < -0.4 is 4.90 Å². The molecule has 274 valence electrons. The van der Waals surface area contributed by atoms with Gasteiger partial charge in [0.15, 0.2) is 0 Å². The van der Waals surface area contributed by atoms with Crippen LogP contribution in [0.2, 0.25) is 0 Å². The highest BCUT2D eigenvalue weighted by atomic mass is 15.2. The second-order valence-corrected chi connectivity index (χ2v) is 16.0. The van der Waals surface area contributed by atoms with Gasteiger partial charge in [0.05, 0.1) is 45.4 Å². The number of hydrogen-bond donors (Lipinski definition) is 0. The summed E-state index contributed by atoms with van der Waals surface area (Å²) in [4.78, 5) is 2.69. The minimum Gasteiger partial charge on any atom is -0.357 e. The van der Waals surface area contributed by atoms with Gasteiger partial charge in [-0.15, -0.1) is 0 Å². The number of para-hydroxylation sites is 5. The van der Waals surface area contributed by atoms with Crippen LogP contribution in [-0.4, -0.2) is 19.7 Å². The summed E-state index contributed by atoms with van der Waals surface area (Å²) in [6.45, 7) is 0. The Morgan fingerprint density at radius 1 is 0.379 bits per heavy atom. The summed E-state index contributed by atoms with van der Waals surface area (Å²) in [5, 5.41) is 6.35. The Balaban J connectivity index is 1.07. The number of fused-ring (bicyclic) bond motifs is 14. The van der Waals surface area contributed by atoms with E-state index in [4.69, 9.17) is 0 Å². The zero-order valence-electron chi connectivity index (χ0n) is 31.7.